The summed E-state index contributed by atoms with van der Waals surface area (Å²) in [6, 6.07) is 0.824. The maximum atomic E-state index is 10.1. The summed E-state index contributed by atoms with van der Waals surface area (Å²) in [6.45, 7) is 9.26. The molecule has 0 aromatic heterocycles. The molecule has 17 heavy (non-hydrogen) atoms. The third kappa shape index (κ3) is 5.36. The minimum absolute atomic E-state index is 0.386. The van der Waals surface area contributed by atoms with Gasteiger partial charge >= 0.3 is 0 Å². The van der Waals surface area contributed by atoms with E-state index in [0.717, 1.165) is 37.8 Å². The third-order valence-corrected chi connectivity index (χ3v) is 3.79. The van der Waals surface area contributed by atoms with E-state index in [1.807, 2.05) is 6.92 Å². The topological polar surface area (TPSA) is 49.5 Å². The van der Waals surface area contributed by atoms with Crippen molar-refractivity contribution in [2.24, 2.45) is 11.7 Å². The molecule has 0 spiro atoms. The van der Waals surface area contributed by atoms with Crippen molar-refractivity contribution in [1.82, 2.24) is 4.90 Å². The molecule has 102 valence electrons. The Bertz CT molecular complexity index is 210. The Morgan fingerprint density at radius 3 is 2.47 bits per heavy atom. The average Bonchev–Trinajstić information content (AvgIpc) is 3.11. The maximum Gasteiger partial charge on any atom is 0.0767 e. The van der Waals surface area contributed by atoms with Gasteiger partial charge in [0.2, 0.25) is 0 Å². The van der Waals surface area contributed by atoms with Crippen molar-refractivity contribution in [3.8, 4) is 0 Å². The van der Waals surface area contributed by atoms with Crippen LogP contribution in [0, 0.1) is 5.92 Å². The van der Waals surface area contributed by atoms with Gasteiger partial charge in [0, 0.05) is 19.1 Å². The van der Waals surface area contributed by atoms with E-state index in [-0.39, 0.29) is 0 Å². The summed E-state index contributed by atoms with van der Waals surface area (Å²) in [5.41, 5.74) is 4.99. The van der Waals surface area contributed by atoms with Gasteiger partial charge in [-0.05, 0) is 44.6 Å². The van der Waals surface area contributed by atoms with Gasteiger partial charge in [0.15, 0.2) is 0 Å². The molecule has 1 aliphatic rings. The highest BCUT2D eigenvalue weighted by atomic mass is 16.3. The zero-order chi connectivity index (χ0) is 12.9. The molecule has 3 N–H and O–H groups in total. The SMILES string of the molecule is CCC(O)(CN)CCCN(CC(C)C)C1CC1. The Morgan fingerprint density at radius 2 is 2.06 bits per heavy atom. The Morgan fingerprint density at radius 1 is 1.41 bits per heavy atom. The van der Waals surface area contributed by atoms with Crippen molar-refractivity contribution in [2.75, 3.05) is 19.6 Å². The second-order valence-electron chi connectivity index (χ2n) is 6.01. The van der Waals surface area contributed by atoms with Crippen LogP contribution < -0.4 is 5.73 Å². The van der Waals surface area contributed by atoms with Crippen LogP contribution in [0.5, 0.6) is 0 Å². The molecule has 1 aliphatic carbocycles. The van der Waals surface area contributed by atoms with Gasteiger partial charge in [-0.3, -0.25) is 0 Å². The molecule has 0 saturated heterocycles. The zero-order valence-corrected chi connectivity index (χ0v) is 11.8. The lowest BCUT2D eigenvalue weighted by atomic mass is 9.94. The molecule has 0 bridgehead atoms. The molecular formula is C14H30N2O. The van der Waals surface area contributed by atoms with E-state index in [0.29, 0.717) is 6.54 Å². The van der Waals surface area contributed by atoms with Crippen molar-refractivity contribution >= 4 is 0 Å². The molecule has 1 atom stereocenters. The molecule has 1 unspecified atom stereocenters. The van der Waals surface area contributed by atoms with Crippen LogP contribution in [0.25, 0.3) is 0 Å². The fraction of sp³-hybridized carbons (Fsp3) is 1.00. The van der Waals surface area contributed by atoms with E-state index in [2.05, 4.69) is 18.7 Å². The summed E-state index contributed by atoms with van der Waals surface area (Å²) in [4.78, 5) is 2.59. The summed E-state index contributed by atoms with van der Waals surface area (Å²) in [5.74, 6) is 0.732. The lowest BCUT2D eigenvalue weighted by Crippen LogP contribution is -2.38. The van der Waals surface area contributed by atoms with Crippen LogP contribution in [0.3, 0.4) is 0 Å². The minimum Gasteiger partial charge on any atom is -0.389 e. The van der Waals surface area contributed by atoms with Crippen LogP contribution in [0.15, 0.2) is 0 Å². The normalized spacial score (nSPS) is 19.9. The number of aliphatic hydroxyl groups is 1. The van der Waals surface area contributed by atoms with Crippen LogP contribution in [0.1, 0.15) is 52.9 Å². The molecule has 1 rings (SSSR count). The van der Waals surface area contributed by atoms with E-state index < -0.39 is 5.60 Å². The fourth-order valence-electron chi connectivity index (χ4n) is 2.37. The predicted molar refractivity (Wildman–Crippen MR) is 73.0 cm³/mol. The predicted octanol–water partition coefficient (Wildman–Crippen LogP) is 1.99. The molecule has 0 heterocycles. The lowest BCUT2D eigenvalue weighted by molar-refractivity contribution is 0.0310. The molecule has 1 fully saturated rings. The monoisotopic (exact) mass is 242 g/mol. The summed E-state index contributed by atoms with van der Waals surface area (Å²) >= 11 is 0. The smallest absolute Gasteiger partial charge is 0.0767 e. The molecule has 0 amide bonds. The fourth-order valence-corrected chi connectivity index (χ4v) is 2.37. The molecule has 0 aromatic rings. The third-order valence-electron chi connectivity index (χ3n) is 3.79. The number of nitrogens with two attached hydrogens (primary N) is 1. The van der Waals surface area contributed by atoms with E-state index in [1.54, 1.807) is 0 Å². The van der Waals surface area contributed by atoms with Crippen molar-refractivity contribution in [3.05, 3.63) is 0 Å². The Balaban J connectivity index is 2.27. The number of hydrogen-bond acceptors (Lipinski definition) is 3. The van der Waals surface area contributed by atoms with Crippen molar-refractivity contribution in [1.29, 1.82) is 0 Å². The first-order valence-electron chi connectivity index (χ1n) is 7.17. The number of rotatable bonds is 9. The lowest BCUT2D eigenvalue weighted by Gasteiger charge is -2.28. The summed E-state index contributed by atoms with van der Waals surface area (Å²) < 4.78 is 0. The van der Waals surface area contributed by atoms with Gasteiger partial charge < -0.3 is 15.7 Å². The van der Waals surface area contributed by atoms with Gasteiger partial charge in [0.25, 0.3) is 0 Å². The number of hydrogen-bond donors (Lipinski definition) is 2. The highest BCUT2D eigenvalue weighted by Crippen LogP contribution is 2.28. The second kappa shape index (κ2) is 6.72. The molecule has 0 aliphatic heterocycles. The van der Waals surface area contributed by atoms with Crippen LogP contribution >= 0.6 is 0 Å². The van der Waals surface area contributed by atoms with E-state index in [4.69, 9.17) is 5.73 Å². The van der Waals surface area contributed by atoms with E-state index in [1.165, 1.54) is 19.4 Å². The van der Waals surface area contributed by atoms with Gasteiger partial charge in [-0.15, -0.1) is 0 Å². The van der Waals surface area contributed by atoms with Crippen molar-refractivity contribution < 1.29 is 5.11 Å². The molecular weight excluding hydrogens is 212 g/mol. The highest BCUT2D eigenvalue weighted by Gasteiger charge is 2.29. The van der Waals surface area contributed by atoms with Crippen LogP contribution in [-0.2, 0) is 0 Å². The van der Waals surface area contributed by atoms with E-state index >= 15 is 0 Å². The first kappa shape index (κ1) is 14.9. The summed E-state index contributed by atoms with van der Waals surface area (Å²) in [7, 11) is 0. The largest absolute Gasteiger partial charge is 0.389 e. The molecule has 3 heteroatoms. The number of nitrogens with zero attached hydrogens (tertiary/aromatic N) is 1. The van der Waals surface area contributed by atoms with Gasteiger partial charge in [0.05, 0.1) is 5.60 Å². The van der Waals surface area contributed by atoms with E-state index in [9.17, 15) is 5.11 Å². The zero-order valence-electron chi connectivity index (χ0n) is 11.8. The Labute approximate surface area is 106 Å². The second-order valence-corrected chi connectivity index (χ2v) is 6.01. The summed E-state index contributed by atoms with van der Waals surface area (Å²) in [6.07, 6.45) is 5.38. The molecule has 0 aromatic carbocycles. The molecule has 0 radical (unpaired) electrons. The van der Waals surface area contributed by atoms with Gasteiger partial charge in [0.1, 0.15) is 0 Å². The first-order valence-corrected chi connectivity index (χ1v) is 7.17. The van der Waals surface area contributed by atoms with Gasteiger partial charge in [-0.1, -0.05) is 20.8 Å². The highest BCUT2D eigenvalue weighted by molar-refractivity contribution is 4.86. The van der Waals surface area contributed by atoms with Crippen LogP contribution in [-0.4, -0.2) is 41.3 Å². The Kier molecular flexibility index (Phi) is 5.90. The van der Waals surface area contributed by atoms with Crippen molar-refractivity contribution in [3.63, 3.8) is 0 Å². The van der Waals surface area contributed by atoms with Crippen molar-refractivity contribution in [2.45, 2.75) is 64.5 Å². The summed E-state index contributed by atoms with van der Waals surface area (Å²) in [5, 5.41) is 10.1. The van der Waals surface area contributed by atoms with Gasteiger partial charge in [-0.25, -0.2) is 0 Å². The molecule has 3 nitrogen and oxygen atoms in total. The first-order chi connectivity index (χ1) is 8.00. The quantitative estimate of drug-likeness (QED) is 0.650. The minimum atomic E-state index is -0.632. The average molecular weight is 242 g/mol. The Hall–Kier alpha value is -0.120. The maximum absolute atomic E-state index is 10.1. The van der Waals surface area contributed by atoms with Crippen LogP contribution in [0.2, 0.25) is 0 Å². The standard InChI is InChI=1S/C14H30N2O/c1-4-14(17,11-15)8-5-9-16(10-12(2)3)13-6-7-13/h12-13,17H,4-11,15H2,1-3H3. The van der Waals surface area contributed by atoms with Crippen LogP contribution in [0.4, 0.5) is 0 Å². The molecule has 1 saturated carbocycles. The van der Waals surface area contributed by atoms with Gasteiger partial charge in [-0.2, -0.15) is 0 Å².